The van der Waals surface area contributed by atoms with Crippen molar-refractivity contribution in [1.82, 2.24) is 5.32 Å². The summed E-state index contributed by atoms with van der Waals surface area (Å²) in [6.07, 6.45) is 3.22. The Kier molecular flexibility index (Phi) is 4.65. The molecule has 0 saturated carbocycles. The third-order valence-electron chi connectivity index (χ3n) is 1.65. The van der Waals surface area contributed by atoms with E-state index in [1.165, 1.54) is 0 Å². The van der Waals surface area contributed by atoms with Gasteiger partial charge in [0.1, 0.15) is 0 Å². The number of halogens is 1. The first-order valence-electron chi connectivity index (χ1n) is 4.27. The molecule has 0 saturated heterocycles. The number of hydrogen-bond donors (Lipinski definition) is 3. The molecule has 4 N–H and O–H groups in total. The van der Waals surface area contributed by atoms with Gasteiger partial charge in [0.25, 0.3) is 0 Å². The van der Waals surface area contributed by atoms with Crippen molar-refractivity contribution in [3.8, 4) is 0 Å². The summed E-state index contributed by atoms with van der Waals surface area (Å²) >= 11 is 3.36. The molecule has 0 heterocycles. The van der Waals surface area contributed by atoms with Crippen molar-refractivity contribution in [2.24, 2.45) is 5.73 Å². The zero-order valence-electron chi connectivity index (χ0n) is 7.65. The lowest BCUT2D eigenvalue weighted by Gasteiger charge is -2.06. The molecule has 1 aromatic rings. The number of nitrogens with one attached hydrogen (secondary N) is 1. The maximum Gasteiger partial charge on any atom is 0.0976 e. The van der Waals surface area contributed by atoms with Crippen molar-refractivity contribution < 1.29 is 5.11 Å². The molecule has 0 spiro atoms. The fraction of sp³-hybridized carbons (Fsp3) is 0.200. The normalized spacial score (nSPS) is 13.1. The average Bonchev–Trinajstić information content (AvgIpc) is 2.21. The highest BCUT2D eigenvalue weighted by atomic mass is 79.9. The van der Waals surface area contributed by atoms with Gasteiger partial charge >= 0.3 is 0 Å². The molecule has 1 atom stereocenters. The molecule has 0 fully saturated rings. The Hall–Kier alpha value is -0.840. The Morgan fingerprint density at radius 2 is 2.07 bits per heavy atom. The van der Waals surface area contributed by atoms with E-state index >= 15 is 0 Å². The van der Waals surface area contributed by atoms with Crippen LogP contribution in [0.2, 0.25) is 0 Å². The standard InChI is InChI=1S/C10H13BrN2O/c11-9-3-1-8(2-4-9)5-6-13-10(12)7-14/h1-6,10,13-14H,7,12H2/b6-5+/t10-/m0/s1. The second kappa shape index (κ2) is 5.80. The maximum absolute atomic E-state index is 8.64. The Morgan fingerprint density at radius 3 is 2.64 bits per heavy atom. The highest BCUT2D eigenvalue weighted by Crippen LogP contribution is 2.10. The number of benzene rings is 1. The van der Waals surface area contributed by atoms with Crippen LogP contribution in [0, 0.1) is 0 Å². The van der Waals surface area contributed by atoms with Gasteiger partial charge in [0.15, 0.2) is 0 Å². The molecule has 76 valence electrons. The molecular weight excluding hydrogens is 244 g/mol. The van der Waals surface area contributed by atoms with Crippen LogP contribution in [0.25, 0.3) is 6.08 Å². The van der Waals surface area contributed by atoms with Gasteiger partial charge in [-0.15, -0.1) is 0 Å². The van der Waals surface area contributed by atoms with Gasteiger partial charge in [-0.1, -0.05) is 28.1 Å². The number of hydrogen-bond acceptors (Lipinski definition) is 3. The van der Waals surface area contributed by atoms with Crippen LogP contribution in [-0.4, -0.2) is 17.9 Å². The quantitative estimate of drug-likeness (QED) is 0.712. The van der Waals surface area contributed by atoms with Crippen LogP contribution in [-0.2, 0) is 0 Å². The number of aliphatic hydroxyl groups excluding tert-OH is 1. The van der Waals surface area contributed by atoms with Crippen molar-refractivity contribution in [2.45, 2.75) is 6.17 Å². The minimum Gasteiger partial charge on any atom is -0.393 e. The number of nitrogens with two attached hydrogens (primary N) is 1. The van der Waals surface area contributed by atoms with Crippen LogP contribution in [0.4, 0.5) is 0 Å². The second-order valence-corrected chi connectivity index (χ2v) is 3.76. The summed E-state index contributed by atoms with van der Waals surface area (Å²) in [7, 11) is 0. The smallest absolute Gasteiger partial charge is 0.0976 e. The van der Waals surface area contributed by atoms with E-state index in [0.717, 1.165) is 10.0 Å². The minimum absolute atomic E-state index is 0.0787. The molecule has 14 heavy (non-hydrogen) atoms. The Labute approximate surface area is 91.8 Å². The fourth-order valence-corrected chi connectivity index (χ4v) is 1.16. The number of aliphatic hydroxyl groups is 1. The summed E-state index contributed by atoms with van der Waals surface area (Å²) in [6, 6.07) is 7.89. The minimum atomic E-state index is -0.401. The van der Waals surface area contributed by atoms with Gasteiger partial charge in [0.05, 0.1) is 12.8 Å². The van der Waals surface area contributed by atoms with Gasteiger partial charge < -0.3 is 16.2 Å². The van der Waals surface area contributed by atoms with Gasteiger partial charge in [-0.25, -0.2) is 0 Å². The predicted octanol–water partition coefficient (Wildman–Crippen LogP) is 1.29. The molecule has 4 heteroatoms. The van der Waals surface area contributed by atoms with Crippen LogP contribution in [0.3, 0.4) is 0 Å². The summed E-state index contributed by atoms with van der Waals surface area (Å²) in [5, 5.41) is 11.5. The highest BCUT2D eigenvalue weighted by Gasteiger charge is 1.92. The van der Waals surface area contributed by atoms with Crippen LogP contribution >= 0.6 is 15.9 Å². The van der Waals surface area contributed by atoms with E-state index in [9.17, 15) is 0 Å². The van der Waals surface area contributed by atoms with Crippen LogP contribution in [0.1, 0.15) is 5.56 Å². The summed E-state index contributed by atoms with van der Waals surface area (Å²) in [5.74, 6) is 0. The van der Waals surface area contributed by atoms with Crippen LogP contribution in [0.15, 0.2) is 34.9 Å². The van der Waals surface area contributed by atoms with Gasteiger partial charge in [-0.3, -0.25) is 0 Å². The summed E-state index contributed by atoms with van der Waals surface area (Å²) in [5.41, 5.74) is 6.52. The lowest BCUT2D eigenvalue weighted by molar-refractivity contribution is 0.255. The molecule has 1 aromatic carbocycles. The largest absolute Gasteiger partial charge is 0.393 e. The van der Waals surface area contributed by atoms with Crippen molar-refractivity contribution >= 4 is 22.0 Å². The topological polar surface area (TPSA) is 58.3 Å². The van der Waals surface area contributed by atoms with Crippen molar-refractivity contribution in [2.75, 3.05) is 6.61 Å². The molecule has 0 amide bonds. The van der Waals surface area contributed by atoms with E-state index < -0.39 is 6.17 Å². The van der Waals surface area contributed by atoms with Crippen LogP contribution in [0.5, 0.6) is 0 Å². The van der Waals surface area contributed by atoms with Gasteiger partial charge in [0.2, 0.25) is 0 Å². The molecule has 1 rings (SSSR count). The lowest BCUT2D eigenvalue weighted by atomic mass is 10.2. The monoisotopic (exact) mass is 256 g/mol. The van der Waals surface area contributed by atoms with E-state index in [1.54, 1.807) is 6.20 Å². The summed E-state index contributed by atoms with van der Waals surface area (Å²) in [4.78, 5) is 0. The van der Waals surface area contributed by atoms with Crippen LogP contribution < -0.4 is 11.1 Å². The molecule has 0 unspecified atom stereocenters. The first-order chi connectivity index (χ1) is 6.72. The van der Waals surface area contributed by atoms with E-state index in [1.807, 2.05) is 30.3 Å². The molecule has 0 aliphatic carbocycles. The van der Waals surface area contributed by atoms with Crippen molar-refractivity contribution in [3.05, 3.63) is 40.5 Å². The Balaban J connectivity index is 2.48. The predicted molar refractivity (Wildman–Crippen MR) is 61.4 cm³/mol. The highest BCUT2D eigenvalue weighted by molar-refractivity contribution is 9.10. The Bertz CT molecular complexity index is 297. The first kappa shape index (κ1) is 11.2. The third kappa shape index (κ3) is 3.91. The van der Waals surface area contributed by atoms with E-state index in [-0.39, 0.29) is 6.61 Å². The Morgan fingerprint density at radius 1 is 1.43 bits per heavy atom. The molecule has 0 radical (unpaired) electrons. The third-order valence-corrected chi connectivity index (χ3v) is 2.18. The van der Waals surface area contributed by atoms with Gasteiger partial charge in [-0.2, -0.15) is 0 Å². The number of rotatable bonds is 4. The van der Waals surface area contributed by atoms with E-state index in [4.69, 9.17) is 10.8 Å². The van der Waals surface area contributed by atoms with Gasteiger partial charge in [0, 0.05) is 4.47 Å². The molecule has 0 aliphatic rings. The first-order valence-corrected chi connectivity index (χ1v) is 5.06. The molecule has 0 aliphatic heterocycles. The van der Waals surface area contributed by atoms with E-state index in [0.29, 0.717) is 0 Å². The molecular formula is C10H13BrN2O. The zero-order chi connectivity index (χ0) is 10.4. The summed E-state index contributed by atoms with van der Waals surface area (Å²) in [6.45, 7) is -0.0787. The van der Waals surface area contributed by atoms with Crippen molar-refractivity contribution in [3.63, 3.8) is 0 Å². The van der Waals surface area contributed by atoms with E-state index in [2.05, 4.69) is 21.2 Å². The molecule has 3 nitrogen and oxygen atoms in total. The second-order valence-electron chi connectivity index (χ2n) is 2.84. The summed E-state index contributed by atoms with van der Waals surface area (Å²) < 4.78 is 1.05. The SMILES string of the molecule is N[C@H](CO)N/C=C/c1ccc(Br)cc1. The average molecular weight is 257 g/mol. The van der Waals surface area contributed by atoms with Crippen molar-refractivity contribution in [1.29, 1.82) is 0 Å². The van der Waals surface area contributed by atoms with Gasteiger partial charge in [-0.05, 0) is 30.0 Å². The molecule has 0 aromatic heterocycles. The lowest BCUT2D eigenvalue weighted by Crippen LogP contribution is -2.36. The molecule has 0 bridgehead atoms. The zero-order valence-corrected chi connectivity index (χ0v) is 9.24. The fourth-order valence-electron chi connectivity index (χ4n) is 0.895. The maximum atomic E-state index is 8.64.